The number of carbonyl (C=O) groups excluding carboxylic acids is 1. The van der Waals surface area contributed by atoms with Crippen LogP contribution in [0.15, 0.2) is 18.3 Å². The van der Waals surface area contributed by atoms with E-state index in [-0.39, 0.29) is 5.91 Å². The predicted molar refractivity (Wildman–Crippen MR) is 97.3 cm³/mol. The summed E-state index contributed by atoms with van der Waals surface area (Å²) in [5, 5.41) is 1.24. The molecule has 2 aromatic heterocycles. The van der Waals surface area contributed by atoms with E-state index in [1.807, 2.05) is 12.3 Å². The molecule has 1 atom stereocenters. The molecule has 132 valence electrons. The quantitative estimate of drug-likeness (QED) is 0.845. The number of hydrogen-bond acceptors (Lipinski definition) is 3. The Labute approximate surface area is 148 Å². The van der Waals surface area contributed by atoms with E-state index in [4.69, 9.17) is 0 Å². The highest BCUT2D eigenvalue weighted by atomic mass is 16.2. The second-order valence-electron chi connectivity index (χ2n) is 7.80. The molecule has 0 bridgehead atoms. The van der Waals surface area contributed by atoms with Crippen LogP contribution in [0.5, 0.6) is 0 Å². The van der Waals surface area contributed by atoms with E-state index in [0.29, 0.717) is 12.6 Å². The normalized spacial score (nSPS) is 23.7. The Morgan fingerprint density at radius 3 is 2.92 bits per heavy atom. The van der Waals surface area contributed by atoms with Gasteiger partial charge in [-0.15, -0.1) is 0 Å². The second kappa shape index (κ2) is 6.13. The fraction of sp³-hybridized carbons (Fsp3) is 0.600. The predicted octanol–water partition coefficient (Wildman–Crippen LogP) is 2.57. The number of fused-ring (bicyclic) bond motifs is 4. The van der Waals surface area contributed by atoms with Crippen LogP contribution in [-0.2, 0) is 24.3 Å². The van der Waals surface area contributed by atoms with Crippen LogP contribution in [0.2, 0.25) is 0 Å². The molecule has 0 saturated carbocycles. The number of hydrogen-bond donors (Lipinski definition) is 0. The van der Waals surface area contributed by atoms with Gasteiger partial charge >= 0.3 is 0 Å². The Kier molecular flexibility index (Phi) is 3.77. The van der Waals surface area contributed by atoms with Crippen molar-refractivity contribution in [2.45, 2.75) is 57.7 Å². The molecule has 0 aliphatic carbocycles. The molecule has 3 aliphatic heterocycles. The number of amides is 1. The number of rotatable bonds is 2. The van der Waals surface area contributed by atoms with Gasteiger partial charge in [0.05, 0.1) is 0 Å². The monoisotopic (exact) mass is 338 g/mol. The van der Waals surface area contributed by atoms with E-state index < -0.39 is 0 Å². The summed E-state index contributed by atoms with van der Waals surface area (Å²) >= 11 is 0. The third-order valence-electron chi connectivity index (χ3n) is 6.33. The minimum atomic E-state index is 0.263. The summed E-state index contributed by atoms with van der Waals surface area (Å²) in [6, 6.07) is 4.86. The van der Waals surface area contributed by atoms with Gasteiger partial charge in [-0.25, -0.2) is 4.98 Å². The average molecular weight is 338 g/mol. The summed E-state index contributed by atoms with van der Waals surface area (Å²) in [6.07, 6.45) is 9.06. The molecular formula is C20H26N4O. The molecule has 1 unspecified atom stereocenters. The van der Waals surface area contributed by atoms with Crippen molar-refractivity contribution in [1.82, 2.24) is 19.4 Å². The molecular weight excluding hydrogens is 312 g/mol. The molecule has 0 spiro atoms. The van der Waals surface area contributed by atoms with Gasteiger partial charge in [-0.05, 0) is 56.3 Å². The molecule has 5 rings (SSSR count). The van der Waals surface area contributed by atoms with Gasteiger partial charge in [-0.2, -0.15) is 0 Å². The third kappa shape index (κ3) is 2.56. The lowest BCUT2D eigenvalue weighted by molar-refractivity contribution is -0.132. The van der Waals surface area contributed by atoms with E-state index in [1.165, 1.54) is 42.5 Å². The molecule has 2 aromatic rings. The molecule has 5 heterocycles. The minimum absolute atomic E-state index is 0.263. The summed E-state index contributed by atoms with van der Waals surface area (Å²) in [5.74, 6) is 0.263. The summed E-state index contributed by atoms with van der Waals surface area (Å²) < 4.78 is 2.23. The largest absolute Gasteiger partial charge is 0.341 e. The van der Waals surface area contributed by atoms with Gasteiger partial charge in [0.1, 0.15) is 12.2 Å². The maximum atomic E-state index is 12.9. The van der Waals surface area contributed by atoms with Crippen molar-refractivity contribution in [3.05, 3.63) is 29.6 Å². The summed E-state index contributed by atoms with van der Waals surface area (Å²) in [6.45, 7) is 4.53. The first kappa shape index (κ1) is 15.4. The van der Waals surface area contributed by atoms with Crippen LogP contribution < -0.4 is 0 Å². The highest BCUT2D eigenvalue weighted by molar-refractivity contribution is 5.85. The smallest absolute Gasteiger partial charge is 0.242 e. The number of piperidine rings is 1. The van der Waals surface area contributed by atoms with Crippen molar-refractivity contribution >= 4 is 16.9 Å². The van der Waals surface area contributed by atoms with Crippen molar-refractivity contribution in [3.8, 4) is 0 Å². The number of nitrogens with zero attached hydrogens (tertiary/aromatic N) is 4. The fourth-order valence-corrected chi connectivity index (χ4v) is 5.01. The highest BCUT2D eigenvalue weighted by Crippen LogP contribution is 2.35. The summed E-state index contributed by atoms with van der Waals surface area (Å²) in [4.78, 5) is 22.2. The first-order valence-corrected chi connectivity index (χ1v) is 9.78. The molecule has 0 N–H and O–H groups in total. The second-order valence-corrected chi connectivity index (χ2v) is 7.80. The molecule has 3 aliphatic rings. The van der Waals surface area contributed by atoms with E-state index in [0.717, 1.165) is 44.5 Å². The minimum Gasteiger partial charge on any atom is -0.341 e. The fourth-order valence-electron chi connectivity index (χ4n) is 5.01. The van der Waals surface area contributed by atoms with Crippen molar-refractivity contribution in [2.75, 3.05) is 19.6 Å². The summed E-state index contributed by atoms with van der Waals surface area (Å²) in [5.41, 5.74) is 3.77. The van der Waals surface area contributed by atoms with E-state index >= 15 is 0 Å². The van der Waals surface area contributed by atoms with Crippen LogP contribution in [0.25, 0.3) is 11.0 Å². The molecule has 5 heteroatoms. The maximum absolute atomic E-state index is 12.9. The van der Waals surface area contributed by atoms with Gasteiger partial charge in [0.15, 0.2) is 0 Å². The van der Waals surface area contributed by atoms with Crippen LogP contribution in [0.1, 0.15) is 43.4 Å². The van der Waals surface area contributed by atoms with Crippen molar-refractivity contribution < 1.29 is 4.79 Å². The van der Waals surface area contributed by atoms with Crippen molar-refractivity contribution in [1.29, 1.82) is 0 Å². The van der Waals surface area contributed by atoms with Gasteiger partial charge in [0.2, 0.25) is 5.91 Å². The number of pyridine rings is 1. The Morgan fingerprint density at radius 1 is 1.16 bits per heavy atom. The lowest BCUT2D eigenvalue weighted by Gasteiger charge is -2.31. The topological polar surface area (TPSA) is 41.4 Å². The molecule has 0 radical (unpaired) electrons. The average Bonchev–Trinajstić information content (AvgIpc) is 3.24. The summed E-state index contributed by atoms with van der Waals surface area (Å²) in [7, 11) is 0. The van der Waals surface area contributed by atoms with Crippen LogP contribution in [-0.4, -0.2) is 50.9 Å². The van der Waals surface area contributed by atoms with Crippen LogP contribution in [0.4, 0.5) is 0 Å². The molecule has 25 heavy (non-hydrogen) atoms. The van der Waals surface area contributed by atoms with Gasteiger partial charge < -0.3 is 9.47 Å². The number of aromatic nitrogens is 2. The lowest BCUT2D eigenvalue weighted by Crippen LogP contribution is -2.39. The Hall–Kier alpha value is -1.88. The lowest BCUT2D eigenvalue weighted by atomic mass is 9.99. The Bertz CT molecular complexity index is 805. The number of likely N-dealkylation sites (tertiary alicyclic amines) is 1. The van der Waals surface area contributed by atoms with Gasteiger partial charge in [-0.1, -0.05) is 0 Å². The first-order chi connectivity index (χ1) is 12.3. The van der Waals surface area contributed by atoms with Crippen LogP contribution in [0.3, 0.4) is 0 Å². The maximum Gasteiger partial charge on any atom is 0.242 e. The van der Waals surface area contributed by atoms with Crippen LogP contribution in [0, 0.1) is 0 Å². The van der Waals surface area contributed by atoms with Crippen LogP contribution >= 0.6 is 0 Å². The van der Waals surface area contributed by atoms with Gasteiger partial charge in [-0.3, -0.25) is 9.69 Å². The standard InChI is InChI=1S/C20H26N4O/c25-19(22-9-2-1-3-10-22)14-24-18-12-15-6-5-11-23(15)13-17(18)16-7-4-8-21-20(16)24/h4,7-8,15H,1-3,5-6,9-14H2. The van der Waals surface area contributed by atoms with E-state index in [1.54, 1.807) is 0 Å². The van der Waals surface area contributed by atoms with Gasteiger partial charge in [0.25, 0.3) is 0 Å². The first-order valence-electron chi connectivity index (χ1n) is 9.78. The highest BCUT2D eigenvalue weighted by Gasteiger charge is 2.34. The molecule has 1 amide bonds. The molecule has 0 aromatic carbocycles. The SMILES string of the molecule is O=C(Cn1c2c(c3cccnc31)CN1CCCC1C2)N1CCCCC1. The van der Waals surface area contributed by atoms with Crippen molar-refractivity contribution in [2.24, 2.45) is 0 Å². The Morgan fingerprint density at radius 2 is 2.04 bits per heavy atom. The number of carbonyl (C=O) groups is 1. The van der Waals surface area contributed by atoms with Crippen molar-refractivity contribution in [3.63, 3.8) is 0 Å². The molecule has 2 fully saturated rings. The zero-order valence-electron chi connectivity index (χ0n) is 14.8. The zero-order valence-corrected chi connectivity index (χ0v) is 14.8. The van der Waals surface area contributed by atoms with E-state index in [9.17, 15) is 4.79 Å². The molecule has 2 saturated heterocycles. The zero-order chi connectivity index (χ0) is 16.8. The molecule has 5 nitrogen and oxygen atoms in total. The van der Waals surface area contributed by atoms with Gasteiger partial charge in [0, 0.05) is 49.4 Å². The van der Waals surface area contributed by atoms with E-state index in [2.05, 4.69) is 25.4 Å². The Balaban J connectivity index is 1.52. The third-order valence-corrected chi connectivity index (χ3v) is 6.33.